The van der Waals surface area contributed by atoms with Gasteiger partial charge in [-0.3, -0.25) is 9.89 Å². The minimum Gasteiger partial charge on any atom is -0.340 e. The molecule has 1 aromatic carbocycles. The highest BCUT2D eigenvalue weighted by Crippen LogP contribution is 2.33. The van der Waals surface area contributed by atoms with Gasteiger partial charge < -0.3 is 9.88 Å². The van der Waals surface area contributed by atoms with E-state index in [0.717, 1.165) is 35.3 Å². The van der Waals surface area contributed by atoms with E-state index < -0.39 is 0 Å². The predicted molar refractivity (Wildman–Crippen MR) is 95.1 cm³/mol. The molecule has 5 rings (SSSR count). The first-order chi connectivity index (χ1) is 13.2. The fraction of sp³-hybridized carbons (Fsp3) is 0.294. The minimum absolute atomic E-state index is 0.0795. The standard InChI is InChI=1S/C17H17N9O/c1-10-4-2-5-11-15(10)20-16(19-11)13-6-3-7-25(13)17(27)12-8-14(22-21-12)26-9-18-23-24-26/h2,4-5,8-9,13H,3,6-7H2,1H3,(H,19,20)(H,21,22). The number of nitrogens with one attached hydrogen (secondary N) is 2. The summed E-state index contributed by atoms with van der Waals surface area (Å²) in [6, 6.07) is 7.62. The van der Waals surface area contributed by atoms with Gasteiger partial charge in [-0.25, -0.2) is 4.98 Å². The third-order valence-electron chi connectivity index (χ3n) is 4.94. The average molecular weight is 363 g/mol. The Hall–Kier alpha value is -3.56. The van der Waals surface area contributed by atoms with Crippen LogP contribution in [-0.4, -0.2) is 57.7 Å². The van der Waals surface area contributed by atoms with Crippen molar-refractivity contribution in [1.29, 1.82) is 0 Å². The minimum atomic E-state index is -0.110. The second kappa shape index (κ2) is 6.01. The maximum atomic E-state index is 13.0. The Labute approximate surface area is 153 Å². The van der Waals surface area contributed by atoms with E-state index in [2.05, 4.69) is 30.7 Å². The van der Waals surface area contributed by atoms with E-state index in [4.69, 9.17) is 4.98 Å². The molecule has 136 valence electrons. The van der Waals surface area contributed by atoms with E-state index in [1.165, 1.54) is 11.0 Å². The Morgan fingerprint density at radius 2 is 2.26 bits per heavy atom. The number of imidazole rings is 1. The molecule has 1 aliphatic rings. The number of fused-ring (bicyclic) bond motifs is 1. The van der Waals surface area contributed by atoms with Crippen molar-refractivity contribution in [3.8, 4) is 5.82 Å². The van der Waals surface area contributed by atoms with E-state index in [9.17, 15) is 4.79 Å². The number of likely N-dealkylation sites (tertiary alicyclic amines) is 1. The highest BCUT2D eigenvalue weighted by atomic mass is 16.2. The number of benzene rings is 1. The van der Waals surface area contributed by atoms with Crippen molar-refractivity contribution in [2.75, 3.05) is 6.54 Å². The van der Waals surface area contributed by atoms with Crippen LogP contribution in [0, 0.1) is 6.92 Å². The fourth-order valence-electron chi connectivity index (χ4n) is 3.61. The molecule has 1 fully saturated rings. The molecule has 4 heterocycles. The molecule has 0 saturated carbocycles. The third kappa shape index (κ3) is 2.57. The van der Waals surface area contributed by atoms with Crippen molar-refractivity contribution in [3.63, 3.8) is 0 Å². The number of aryl methyl sites for hydroxylation is 1. The van der Waals surface area contributed by atoms with Gasteiger partial charge in [0.05, 0.1) is 17.1 Å². The van der Waals surface area contributed by atoms with Gasteiger partial charge >= 0.3 is 0 Å². The lowest BCUT2D eigenvalue weighted by molar-refractivity contribution is 0.0724. The summed E-state index contributed by atoms with van der Waals surface area (Å²) >= 11 is 0. The molecule has 0 spiro atoms. The molecule has 10 nitrogen and oxygen atoms in total. The molecule has 4 aromatic rings. The summed E-state index contributed by atoms with van der Waals surface area (Å²) in [5, 5.41) is 17.9. The number of tetrazole rings is 1. The van der Waals surface area contributed by atoms with Crippen LogP contribution in [0.15, 0.2) is 30.6 Å². The number of hydrogen-bond acceptors (Lipinski definition) is 6. The Morgan fingerprint density at radius 1 is 1.33 bits per heavy atom. The summed E-state index contributed by atoms with van der Waals surface area (Å²) in [5.74, 6) is 1.19. The van der Waals surface area contributed by atoms with Gasteiger partial charge in [-0.2, -0.15) is 9.78 Å². The van der Waals surface area contributed by atoms with Crippen LogP contribution in [0.25, 0.3) is 16.9 Å². The van der Waals surface area contributed by atoms with Crippen LogP contribution in [0.4, 0.5) is 0 Å². The van der Waals surface area contributed by atoms with E-state index in [-0.39, 0.29) is 11.9 Å². The van der Waals surface area contributed by atoms with Crippen molar-refractivity contribution in [1.82, 2.24) is 45.3 Å². The third-order valence-corrected chi connectivity index (χ3v) is 4.94. The Bertz CT molecular complexity index is 1110. The van der Waals surface area contributed by atoms with Gasteiger partial charge in [0, 0.05) is 12.6 Å². The number of H-pyrrole nitrogens is 2. The fourth-order valence-corrected chi connectivity index (χ4v) is 3.61. The molecule has 1 amide bonds. The van der Waals surface area contributed by atoms with Crippen LogP contribution in [0.2, 0.25) is 0 Å². The number of carbonyl (C=O) groups excluding carboxylic acids is 1. The maximum Gasteiger partial charge on any atom is 0.272 e. The van der Waals surface area contributed by atoms with Crippen LogP contribution < -0.4 is 0 Å². The molecular weight excluding hydrogens is 346 g/mol. The molecule has 1 unspecified atom stereocenters. The topological polar surface area (TPSA) is 121 Å². The molecule has 1 saturated heterocycles. The van der Waals surface area contributed by atoms with Crippen LogP contribution in [0.1, 0.15) is 40.8 Å². The number of para-hydroxylation sites is 1. The zero-order chi connectivity index (χ0) is 18.4. The Morgan fingerprint density at radius 3 is 3.07 bits per heavy atom. The van der Waals surface area contributed by atoms with Crippen molar-refractivity contribution in [3.05, 3.63) is 47.7 Å². The molecule has 1 atom stereocenters. The van der Waals surface area contributed by atoms with Gasteiger partial charge in [-0.15, -0.1) is 5.10 Å². The first-order valence-corrected chi connectivity index (χ1v) is 8.75. The summed E-state index contributed by atoms with van der Waals surface area (Å²) in [7, 11) is 0. The summed E-state index contributed by atoms with van der Waals surface area (Å²) in [5.41, 5.74) is 3.46. The summed E-state index contributed by atoms with van der Waals surface area (Å²) < 4.78 is 1.40. The largest absolute Gasteiger partial charge is 0.340 e. The molecule has 0 bridgehead atoms. The van der Waals surface area contributed by atoms with Gasteiger partial charge in [0.2, 0.25) is 0 Å². The molecule has 10 heteroatoms. The number of aromatic amines is 2. The molecule has 0 radical (unpaired) electrons. The summed E-state index contributed by atoms with van der Waals surface area (Å²) in [6.45, 7) is 2.72. The van der Waals surface area contributed by atoms with Crippen molar-refractivity contribution >= 4 is 16.9 Å². The summed E-state index contributed by atoms with van der Waals surface area (Å²) in [6.07, 6.45) is 3.23. The first-order valence-electron chi connectivity index (χ1n) is 8.75. The lowest BCUT2D eigenvalue weighted by Gasteiger charge is -2.22. The second-order valence-electron chi connectivity index (χ2n) is 6.64. The van der Waals surface area contributed by atoms with E-state index >= 15 is 0 Å². The lowest BCUT2D eigenvalue weighted by atomic mass is 10.2. The molecule has 27 heavy (non-hydrogen) atoms. The van der Waals surface area contributed by atoms with Crippen molar-refractivity contribution in [2.24, 2.45) is 0 Å². The lowest BCUT2D eigenvalue weighted by Crippen LogP contribution is -2.31. The monoisotopic (exact) mass is 363 g/mol. The SMILES string of the molecule is Cc1cccc2[nH]c(C3CCCN3C(=O)c3cc(-n4cnnn4)n[nH]3)nc12. The van der Waals surface area contributed by atoms with Gasteiger partial charge in [0.15, 0.2) is 5.82 Å². The van der Waals surface area contributed by atoms with Crippen LogP contribution >= 0.6 is 0 Å². The van der Waals surface area contributed by atoms with Gasteiger partial charge in [0.1, 0.15) is 17.8 Å². The van der Waals surface area contributed by atoms with Gasteiger partial charge in [-0.05, 0) is 41.8 Å². The molecule has 3 aromatic heterocycles. The normalized spacial score (nSPS) is 17.1. The van der Waals surface area contributed by atoms with Crippen LogP contribution in [0.3, 0.4) is 0 Å². The summed E-state index contributed by atoms with van der Waals surface area (Å²) in [4.78, 5) is 23.0. The van der Waals surface area contributed by atoms with Crippen LogP contribution in [-0.2, 0) is 0 Å². The highest BCUT2D eigenvalue weighted by Gasteiger charge is 2.33. The molecule has 2 N–H and O–H groups in total. The number of carbonyl (C=O) groups is 1. The second-order valence-corrected chi connectivity index (χ2v) is 6.64. The number of rotatable bonds is 3. The quantitative estimate of drug-likeness (QED) is 0.569. The highest BCUT2D eigenvalue weighted by molar-refractivity contribution is 5.93. The van der Waals surface area contributed by atoms with Crippen LogP contribution in [0.5, 0.6) is 0 Å². The van der Waals surface area contributed by atoms with Crippen molar-refractivity contribution in [2.45, 2.75) is 25.8 Å². The number of nitrogens with zero attached hydrogens (tertiary/aromatic N) is 7. The maximum absolute atomic E-state index is 13.0. The zero-order valence-electron chi connectivity index (χ0n) is 14.6. The van der Waals surface area contributed by atoms with Crippen molar-refractivity contribution < 1.29 is 4.79 Å². The van der Waals surface area contributed by atoms with Gasteiger partial charge in [0.25, 0.3) is 5.91 Å². The van der Waals surface area contributed by atoms with E-state index in [1.54, 1.807) is 6.07 Å². The molecule has 0 aliphatic carbocycles. The number of amides is 1. The first kappa shape index (κ1) is 15.7. The molecular formula is C17H17N9O. The Kier molecular flexibility index (Phi) is 3.49. The van der Waals surface area contributed by atoms with E-state index in [0.29, 0.717) is 18.1 Å². The number of hydrogen-bond donors (Lipinski definition) is 2. The average Bonchev–Trinajstić information content (AvgIpc) is 3.47. The predicted octanol–water partition coefficient (Wildman–Crippen LogP) is 1.55. The van der Waals surface area contributed by atoms with E-state index in [1.807, 2.05) is 30.0 Å². The van der Waals surface area contributed by atoms with Gasteiger partial charge in [-0.1, -0.05) is 12.1 Å². The Balaban J connectivity index is 1.45. The number of aromatic nitrogens is 8. The zero-order valence-corrected chi connectivity index (χ0v) is 14.6. The molecule has 1 aliphatic heterocycles. The smallest absolute Gasteiger partial charge is 0.272 e.